The predicted octanol–water partition coefficient (Wildman–Crippen LogP) is 2.12. The largest absolute Gasteiger partial charge is 0.467 e. The molecule has 0 N–H and O–H groups in total. The number of hydrogen-bond acceptors (Lipinski definition) is 6. The Balaban J connectivity index is 2.00. The van der Waals surface area contributed by atoms with Crippen LogP contribution in [0.15, 0.2) is 28.7 Å². The SMILES string of the molecule is COC(=O)[C@@H]1[C@H](C)Cc2ccccc2N1Cc1nnc(C)o1. The topological polar surface area (TPSA) is 68.5 Å². The number of anilines is 1. The number of nitrogens with zero attached hydrogens (tertiary/aromatic N) is 3. The van der Waals surface area contributed by atoms with Crippen molar-refractivity contribution in [3.63, 3.8) is 0 Å². The number of aromatic nitrogens is 2. The van der Waals surface area contributed by atoms with Crippen LogP contribution in [0.1, 0.15) is 24.3 Å². The normalized spacial score (nSPS) is 20.6. The minimum atomic E-state index is -0.355. The van der Waals surface area contributed by atoms with Crippen LogP contribution in [0.5, 0.6) is 0 Å². The molecule has 0 aliphatic carbocycles. The molecule has 0 saturated heterocycles. The van der Waals surface area contributed by atoms with E-state index in [9.17, 15) is 4.79 Å². The molecule has 116 valence electrons. The van der Waals surface area contributed by atoms with Gasteiger partial charge < -0.3 is 14.1 Å². The van der Waals surface area contributed by atoms with E-state index in [1.54, 1.807) is 6.92 Å². The summed E-state index contributed by atoms with van der Waals surface area (Å²) in [4.78, 5) is 14.3. The van der Waals surface area contributed by atoms with Crippen molar-refractivity contribution in [2.75, 3.05) is 12.0 Å². The summed E-state index contributed by atoms with van der Waals surface area (Å²) in [6.07, 6.45) is 0.843. The van der Waals surface area contributed by atoms with E-state index >= 15 is 0 Å². The second kappa shape index (κ2) is 5.79. The van der Waals surface area contributed by atoms with Gasteiger partial charge in [0.25, 0.3) is 0 Å². The van der Waals surface area contributed by atoms with Crippen LogP contribution < -0.4 is 4.90 Å². The molecular formula is C16H19N3O3. The van der Waals surface area contributed by atoms with Crippen molar-refractivity contribution in [1.29, 1.82) is 0 Å². The standard InChI is InChI=1S/C16H19N3O3/c1-10-8-12-6-4-5-7-13(12)19(15(10)16(20)21-3)9-14-18-17-11(2)22-14/h4-7,10,15H,8-9H2,1-3H3/t10-,15+/m1/s1. The van der Waals surface area contributed by atoms with Gasteiger partial charge in [0.05, 0.1) is 13.7 Å². The number of aryl methyl sites for hydroxylation is 1. The van der Waals surface area contributed by atoms with Gasteiger partial charge in [-0.2, -0.15) is 0 Å². The van der Waals surface area contributed by atoms with E-state index < -0.39 is 0 Å². The molecule has 2 atom stereocenters. The lowest BCUT2D eigenvalue weighted by Crippen LogP contribution is -2.49. The van der Waals surface area contributed by atoms with Crippen molar-refractivity contribution >= 4 is 11.7 Å². The lowest BCUT2D eigenvalue weighted by molar-refractivity contribution is -0.143. The molecular weight excluding hydrogens is 282 g/mol. The average Bonchev–Trinajstić information content (AvgIpc) is 2.92. The first-order valence-electron chi connectivity index (χ1n) is 7.31. The Kier molecular flexibility index (Phi) is 3.83. The van der Waals surface area contributed by atoms with Gasteiger partial charge in [0.15, 0.2) is 0 Å². The first-order chi connectivity index (χ1) is 10.6. The fourth-order valence-electron chi connectivity index (χ4n) is 3.09. The maximum atomic E-state index is 12.3. The van der Waals surface area contributed by atoms with Gasteiger partial charge in [0.1, 0.15) is 6.04 Å². The highest BCUT2D eigenvalue weighted by Crippen LogP contribution is 2.35. The molecule has 6 heteroatoms. The number of hydrogen-bond donors (Lipinski definition) is 0. The molecule has 1 aliphatic heterocycles. The molecule has 6 nitrogen and oxygen atoms in total. The van der Waals surface area contributed by atoms with E-state index in [1.807, 2.05) is 23.1 Å². The second-order valence-electron chi connectivity index (χ2n) is 5.62. The summed E-state index contributed by atoms with van der Waals surface area (Å²) in [5.41, 5.74) is 2.23. The Labute approximate surface area is 129 Å². The number of methoxy groups -OCH3 is 1. The number of ether oxygens (including phenoxy) is 1. The van der Waals surface area contributed by atoms with Crippen molar-refractivity contribution in [3.8, 4) is 0 Å². The molecule has 0 unspecified atom stereocenters. The quantitative estimate of drug-likeness (QED) is 0.809. The van der Waals surface area contributed by atoms with Crippen molar-refractivity contribution in [2.45, 2.75) is 32.9 Å². The van der Waals surface area contributed by atoms with Crippen LogP contribution in [0.2, 0.25) is 0 Å². The summed E-state index contributed by atoms with van der Waals surface area (Å²) in [6, 6.07) is 7.73. The van der Waals surface area contributed by atoms with Crippen LogP contribution in [-0.2, 0) is 22.5 Å². The van der Waals surface area contributed by atoms with Gasteiger partial charge in [-0.3, -0.25) is 0 Å². The van der Waals surface area contributed by atoms with Crippen LogP contribution in [0, 0.1) is 12.8 Å². The molecule has 1 aromatic carbocycles. The Morgan fingerprint density at radius 2 is 2.18 bits per heavy atom. The molecule has 1 aromatic heterocycles. The summed E-state index contributed by atoms with van der Waals surface area (Å²) in [5.74, 6) is 0.919. The molecule has 0 spiro atoms. The predicted molar refractivity (Wildman–Crippen MR) is 80.3 cm³/mol. The summed E-state index contributed by atoms with van der Waals surface area (Å²) in [7, 11) is 1.42. The first kappa shape index (κ1) is 14.6. The van der Waals surface area contributed by atoms with Crippen LogP contribution in [0.4, 0.5) is 5.69 Å². The molecule has 22 heavy (non-hydrogen) atoms. The van der Waals surface area contributed by atoms with E-state index in [-0.39, 0.29) is 17.9 Å². The number of fused-ring (bicyclic) bond motifs is 1. The molecule has 3 rings (SSSR count). The van der Waals surface area contributed by atoms with Crippen molar-refractivity contribution in [3.05, 3.63) is 41.6 Å². The zero-order valence-corrected chi connectivity index (χ0v) is 12.9. The molecule has 0 saturated carbocycles. The monoisotopic (exact) mass is 301 g/mol. The Hall–Kier alpha value is -2.37. The van der Waals surface area contributed by atoms with Crippen LogP contribution in [-0.4, -0.2) is 29.3 Å². The second-order valence-corrected chi connectivity index (χ2v) is 5.62. The zero-order valence-electron chi connectivity index (χ0n) is 12.9. The summed E-state index contributed by atoms with van der Waals surface area (Å²) in [5, 5.41) is 7.90. The molecule has 0 amide bonds. The zero-order chi connectivity index (χ0) is 15.7. The number of carbonyl (C=O) groups excluding carboxylic acids is 1. The van der Waals surface area contributed by atoms with Gasteiger partial charge in [-0.05, 0) is 24.0 Å². The van der Waals surface area contributed by atoms with Gasteiger partial charge in [0.2, 0.25) is 11.8 Å². The third-order valence-corrected chi connectivity index (χ3v) is 4.03. The summed E-state index contributed by atoms with van der Waals surface area (Å²) < 4.78 is 10.5. The Bertz CT molecular complexity index is 683. The number of carbonyl (C=O) groups is 1. The maximum Gasteiger partial charge on any atom is 0.328 e. The molecule has 0 bridgehead atoms. The van der Waals surface area contributed by atoms with E-state index in [4.69, 9.17) is 9.15 Å². The average molecular weight is 301 g/mol. The van der Waals surface area contributed by atoms with Crippen molar-refractivity contribution in [1.82, 2.24) is 10.2 Å². The minimum Gasteiger partial charge on any atom is -0.467 e. The third kappa shape index (κ3) is 2.56. The summed E-state index contributed by atoms with van der Waals surface area (Å²) >= 11 is 0. The van der Waals surface area contributed by atoms with E-state index in [0.29, 0.717) is 18.3 Å². The summed E-state index contributed by atoms with van der Waals surface area (Å²) in [6.45, 7) is 4.20. The number of rotatable bonds is 3. The Morgan fingerprint density at radius 3 is 2.86 bits per heavy atom. The molecule has 0 radical (unpaired) electrons. The smallest absolute Gasteiger partial charge is 0.328 e. The molecule has 2 aromatic rings. The van der Waals surface area contributed by atoms with E-state index in [1.165, 1.54) is 12.7 Å². The molecule has 2 heterocycles. The fourth-order valence-corrected chi connectivity index (χ4v) is 3.09. The van der Waals surface area contributed by atoms with Crippen LogP contribution in [0.3, 0.4) is 0 Å². The Morgan fingerprint density at radius 1 is 1.41 bits per heavy atom. The highest BCUT2D eigenvalue weighted by atomic mass is 16.5. The van der Waals surface area contributed by atoms with E-state index in [0.717, 1.165) is 12.1 Å². The lowest BCUT2D eigenvalue weighted by Gasteiger charge is -2.40. The third-order valence-electron chi connectivity index (χ3n) is 4.03. The number of esters is 1. The van der Waals surface area contributed by atoms with Crippen molar-refractivity contribution in [2.24, 2.45) is 5.92 Å². The van der Waals surface area contributed by atoms with Crippen LogP contribution in [0.25, 0.3) is 0 Å². The molecule has 0 fully saturated rings. The van der Waals surface area contributed by atoms with Crippen LogP contribution >= 0.6 is 0 Å². The van der Waals surface area contributed by atoms with Gasteiger partial charge in [0, 0.05) is 12.6 Å². The van der Waals surface area contributed by atoms with Gasteiger partial charge in [-0.15, -0.1) is 10.2 Å². The maximum absolute atomic E-state index is 12.3. The van der Waals surface area contributed by atoms with Gasteiger partial charge in [-0.1, -0.05) is 25.1 Å². The number of benzene rings is 1. The highest BCUT2D eigenvalue weighted by molar-refractivity contribution is 5.82. The van der Waals surface area contributed by atoms with Crippen molar-refractivity contribution < 1.29 is 13.9 Å². The number of para-hydroxylation sites is 1. The minimum absolute atomic E-state index is 0.145. The first-order valence-corrected chi connectivity index (χ1v) is 7.31. The lowest BCUT2D eigenvalue weighted by atomic mass is 9.86. The van der Waals surface area contributed by atoms with Gasteiger partial charge in [-0.25, -0.2) is 4.79 Å². The highest BCUT2D eigenvalue weighted by Gasteiger charge is 2.38. The molecule has 1 aliphatic rings. The fraction of sp³-hybridized carbons (Fsp3) is 0.438. The van der Waals surface area contributed by atoms with E-state index in [2.05, 4.69) is 23.2 Å². The van der Waals surface area contributed by atoms with Gasteiger partial charge >= 0.3 is 5.97 Å².